The van der Waals surface area contributed by atoms with Crippen molar-refractivity contribution in [3.05, 3.63) is 29.8 Å². The monoisotopic (exact) mass is 231 g/mol. The molecule has 0 spiro atoms. The first kappa shape index (κ1) is 13.1. The first-order chi connectivity index (χ1) is 8.00. The van der Waals surface area contributed by atoms with Crippen LogP contribution in [0.2, 0.25) is 0 Å². The number of ether oxygens (including phenoxy) is 1. The van der Waals surface area contributed by atoms with Gasteiger partial charge in [-0.1, -0.05) is 18.1 Å². The number of hydrogen-bond acceptors (Lipinski definition) is 2. The van der Waals surface area contributed by atoms with Crippen LogP contribution in [0.25, 0.3) is 0 Å². The van der Waals surface area contributed by atoms with Crippen LogP contribution in [0.4, 0.5) is 0 Å². The fourth-order valence-electron chi connectivity index (χ4n) is 1.32. The van der Waals surface area contributed by atoms with Crippen molar-refractivity contribution in [1.29, 1.82) is 0 Å². The zero-order chi connectivity index (χ0) is 12.9. The minimum absolute atomic E-state index is 0.225. The van der Waals surface area contributed by atoms with Gasteiger partial charge in [0.05, 0.1) is 17.7 Å². The molecule has 0 saturated carbocycles. The molecule has 0 aliphatic heterocycles. The summed E-state index contributed by atoms with van der Waals surface area (Å²) in [5, 5.41) is 2.77. The van der Waals surface area contributed by atoms with Gasteiger partial charge in [0, 0.05) is 0 Å². The Hall–Kier alpha value is -1.95. The smallest absolute Gasteiger partial charge is 0.256 e. The molecule has 0 aliphatic carbocycles. The van der Waals surface area contributed by atoms with Gasteiger partial charge in [0.1, 0.15) is 5.75 Å². The Morgan fingerprint density at radius 1 is 1.47 bits per heavy atom. The van der Waals surface area contributed by atoms with E-state index >= 15 is 0 Å². The van der Waals surface area contributed by atoms with Crippen molar-refractivity contribution in [2.24, 2.45) is 0 Å². The molecule has 3 nitrogen and oxygen atoms in total. The van der Waals surface area contributed by atoms with Crippen LogP contribution < -0.4 is 10.1 Å². The molecule has 0 bridgehead atoms. The molecule has 0 heterocycles. The van der Waals surface area contributed by atoms with E-state index in [1.807, 2.05) is 13.0 Å². The third-order valence-corrected chi connectivity index (χ3v) is 2.22. The summed E-state index contributed by atoms with van der Waals surface area (Å²) in [6.45, 7) is 5.94. The lowest BCUT2D eigenvalue weighted by Crippen LogP contribution is -2.42. The molecule has 0 saturated heterocycles. The molecule has 1 amide bonds. The first-order valence-electron chi connectivity index (χ1n) is 5.52. The third kappa shape index (κ3) is 3.53. The van der Waals surface area contributed by atoms with Gasteiger partial charge in [0.2, 0.25) is 0 Å². The average Bonchev–Trinajstić information content (AvgIpc) is 2.29. The maximum atomic E-state index is 12.0. The number of nitrogens with one attached hydrogen (secondary N) is 1. The van der Waals surface area contributed by atoms with Crippen molar-refractivity contribution in [3.8, 4) is 18.1 Å². The van der Waals surface area contributed by atoms with Gasteiger partial charge in [-0.15, -0.1) is 6.42 Å². The Kier molecular flexibility index (Phi) is 4.17. The summed E-state index contributed by atoms with van der Waals surface area (Å²) in [6.07, 6.45) is 5.33. The van der Waals surface area contributed by atoms with E-state index in [0.717, 1.165) is 0 Å². The molecule has 1 N–H and O–H groups in total. The van der Waals surface area contributed by atoms with Crippen LogP contribution in [0.3, 0.4) is 0 Å². The molecule has 0 fully saturated rings. The zero-order valence-electron chi connectivity index (χ0n) is 10.4. The molecular weight excluding hydrogens is 214 g/mol. The van der Waals surface area contributed by atoms with E-state index in [2.05, 4.69) is 11.2 Å². The second-order valence-corrected chi connectivity index (χ2v) is 4.15. The summed E-state index contributed by atoms with van der Waals surface area (Å²) < 4.78 is 5.39. The number of amides is 1. The molecule has 90 valence electrons. The van der Waals surface area contributed by atoms with E-state index in [-0.39, 0.29) is 5.91 Å². The molecule has 1 rings (SSSR count). The van der Waals surface area contributed by atoms with Crippen LogP contribution in [-0.4, -0.2) is 18.1 Å². The number of hydrogen-bond donors (Lipinski definition) is 1. The van der Waals surface area contributed by atoms with Crippen LogP contribution in [0.15, 0.2) is 24.3 Å². The van der Waals surface area contributed by atoms with Crippen molar-refractivity contribution >= 4 is 5.91 Å². The minimum Gasteiger partial charge on any atom is -0.493 e. The normalized spacial score (nSPS) is 10.5. The summed E-state index contributed by atoms with van der Waals surface area (Å²) in [5.41, 5.74) is -0.172. The Bertz CT molecular complexity index is 444. The second-order valence-electron chi connectivity index (χ2n) is 4.15. The molecule has 17 heavy (non-hydrogen) atoms. The van der Waals surface area contributed by atoms with E-state index in [1.54, 1.807) is 32.0 Å². The van der Waals surface area contributed by atoms with Gasteiger partial charge in [-0.05, 0) is 32.9 Å². The molecule has 0 aromatic heterocycles. The number of carbonyl (C=O) groups excluding carboxylic acids is 1. The highest BCUT2D eigenvalue weighted by Gasteiger charge is 2.20. The SMILES string of the molecule is C#CC(C)(C)NC(=O)c1ccccc1OCC. The largest absolute Gasteiger partial charge is 0.493 e. The van der Waals surface area contributed by atoms with Gasteiger partial charge >= 0.3 is 0 Å². The van der Waals surface area contributed by atoms with Gasteiger partial charge < -0.3 is 10.1 Å². The van der Waals surface area contributed by atoms with Gasteiger partial charge in [-0.3, -0.25) is 4.79 Å². The number of para-hydroxylation sites is 1. The molecule has 1 aromatic rings. The predicted molar refractivity (Wildman–Crippen MR) is 68.0 cm³/mol. The van der Waals surface area contributed by atoms with Crippen molar-refractivity contribution in [1.82, 2.24) is 5.32 Å². The highest BCUT2D eigenvalue weighted by molar-refractivity contribution is 5.97. The van der Waals surface area contributed by atoms with Gasteiger partial charge in [0.15, 0.2) is 0 Å². The number of terminal acetylenes is 1. The predicted octanol–water partition coefficient (Wildman–Crippen LogP) is 2.23. The van der Waals surface area contributed by atoms with E-state index in [0.29, 0.717) is 17.9 Å². The molecule has 0 radical (unpaired) electrons. The Balaban J connectivity index is 2.93. The van der Waals surface area contributed by atoms with Gasteiger partial charge in [0.25, 0.3) is 5.91 Å². The quantitative estimate of drug-likeness (QED) is 0.807. The number of rotatable bonds is 4. The molecule has 0 unspecified atom stereocenters. The molecule has 0 aliphatic rings. The van der Waals surface area contributed by atoms with Crippen LogP contribution in [-0.2, 0) is 0 Å². The van der Waals surface area contributed by atoms with Crippen LogP contribution >= 0.6 is 0 Å². The second kappa shape index (κ2) is 5.40. The lowest BCUT2D eigenvalue weighted by Gasteiger charge is -2.20. The molecule has 3 heteroatoms. The summed E-state index contributed by atoms with van der Waals surface area (Å²) in [7, 11) is 0. The van der Waals surface area contributed by atoms with E-state index in [9.17, 15) is 4.79 Å². The molecule has 0 atom stereocenters. The van der Waals surface area contributed by atoms with Crippen molar-refractivity contribution in [2.75, 3.05) is 6.61 Å². The number of benzene rings is 1. The first-order valence-corrected chi connectivity index (χ1v) is 5.52. The van der Waals surface area contributed by atoms with Gasteiger partial charge in [-0.25, -0.2) is 0 Å². The van der Waals surface area contributed by atoms with Crippen molar-refractivity contribution < 1.29 is 9.53 Å². The fourth-order valence-corrected chi connectivity index (χ4v) is 1.32. The zero-order valence-corrected chi connectivity index (χ0v) is 10.4. The fraction of sp³-hybridized carbons (Fsp3) is 0.357. The topological polar surface area (TPSA) is 38.3 Å². The van der Waals surface area contributed by atoms with E-state index in [1.165, 1.54) is 0 Å². The van der Waals surface area contributed by atoms with Crippen LogP contribution in [0, 0.1) is 12.3 Å². The third-order valence-electron chi connectivity index (χ3n) is 2.22. The van der Waals surface area contributed by atoms with Crippen molar-refractivity contribution in [3.63, 3.8) is 0 Å². The van der Waals surface area contributed by atoms with Crippen LogP contribution in [0.5, 0.6) is 5.75 Å². The molecular formula is C14H17NO2. The summed E-state index contributed by atoms with van der Waals surface area (Å²) in [6, 6.07) is 7.10. The maximum Gasteiger partial charge on any atom is 0.256 e. The van der Waals surface area contributed by atoms with E-state index < -0.39 is 5.54 Å². The van der Waals surface area contributed by atoms with Crippen LogP contribution in [0.1, 0.15) is 31.1 Å². The minimum atomic E-state index is -0.670. The Labute approximate surface area is 102 Å². The van der Waals surface area contributed by atoms with E-state index in [4.69, 9.17) is 11.2 Å². The average molecular weight is 231 g/mol. The number of carbonyl (C=O) groups is 1. The highest BCUT2D eigenvalue weighted by atomic mass is 16.5. The standard InChI is InChI=1S/C14H17NO2/c1-5-14(3,4)15-13(16)11-9-7-8-10-12(11)17-6-2/h1,7-10H,6H2,2-4H3,(H,15,16). The lowest BCUT2D eigenvalue weighted by molar-refractivity contribution is 0.0926. The van der Waals surface area contributed by atoms with Crippen molar-refractivity contribution in [2.45, 2.75) is 26.3 Å². The summed E-state index contributed by atoms with van der Waals surface area (Å²) >= 11 is 0. The summed E-state index contributed by atoms with van der Waals surface area (Å²) in [4.78, 5) is 12.0. The Morgan fingerprint density at radius 3 is 2.71 bits per heavy atom. The summed E-state index contributed by atoms with van der Waals surface area (Å²) in [5.74, 6) is 2.87. The Morgan fingerprint density at radius 2 is 2.12 bits per heavy atom. The highest BCUT2D eigenvalue weighted by Crippen LogP contribution is 2.18. The van der Waals surface area contributed by atoms with Gasteiger partial charge in [-0.2, -0.15) is 0 Å². The molecule has 1 aromatic carbocycles. The lowest BCUT2D eigenvalue weighted by atomic mass is 10.1. The maximum absolute atomic E-state index is 12.0.